The van der Waals surface area contributed by atoms with Gasteiger partial charge in [0.2, 0.25) is 0 Å². The van der Waals surface area contributed by atoms with E-state index in [1.165, 1.54) is 0 Å². The third kappa shape index (κ3) is 6.22. The summed E-state index contributed by atoms with van der Waals surface area (Å²) in [5.74, 6) is 0. The molecule has 0 radical (unpaired) electrons. The first-order valence-electron chi connectivity index (χ1n) is 8.38. The molecular weight excluding hydrogens is 374 g/mol. The molecule has 0 spiro atoms. The molecule has 1 aliphatic carbocycles. The lowest BCUT2D eigenvalue weighted by atomic mass is 9.90. The molecule has 0 bridgehead atoms. The molecule has 0 amide bonds. The average Bonchev–Trinajstić information content (AvgIpc) is 2.60. The molecular formula is C21H23N3O3S. The Morgan fingerprint density at radius 1 is 0.929 bits per heavy atom. The van der Waals surface area contributed by atoms with Gasteiger partial charge in [-0.15, -0.1) is 0 Å². The Kier molecular flexibility index (Phi) is 6.56. The molecule has 0 saturated heterocycles. The summed E-state index contributed by atoms with van der Waals surface area (Å²) < 4.78 is 25.9. The van der Waals surface area contributed by atoms with Crippen molar-refractivity contribution >= 4 is 32.8 Å². The van der Waals surface area contributed by atoms with Crippen LogP contribution in [0.3, 0.4) is 0 Å². The summed E-state index contributed by atoms with van der Waals surface area (Å²) in [6.45, 7) is 2.01. The molecule has 0 saturated carbocycles. The molecule has 7 heteroatoms. The second kappa shape index (κ2) is 8.69. The number of allylic oxidation sites excluding steroid dienone is 5. The predicted octanol–water partition coefficient (Wildman–Crippen LogP) is 3.61. The van der Waals surface area contributed by atoms with Crippen LogP contribution in [0.2, 0.25) is 0 Å². The van der Waals surface area contributed by atoms with Gasteiger partial charge in [0.05, 0.1) is 12.0 Å². The van der Waals surface area contributed by atoms with E-state index in [0.29, 0.717) is 12.0 Å². The van der Waals surface area contributed by atoms with Gasteiger partial charge >= 0.3 is 0 Å². The number of benzene rings is 2. The zero-order valence-corrected chi connectivity index (χ0v) is 16.5. The molecule has 28 heavy (non-hydrogen) atoms. The van der Waals surface area contributed by atoms with Crippen LogP contribution in [0.25, 0.3) is 5.57 Å². The zero-order valence-electron chi connectivity index (χ0n) is 15.7. The Balaban J connectivity index is 0.000000500. The van der Waals surface area contributed by atoms with Crippen LogP contribution in [0.4, 0.5) is 11.4 Å². The maximum absolute atomic E-state index is 9.19. The second-order valence-corrected chi connectivity index (χ2v) is 7.84. The van der Waals surface area contributed by atoms with Crippen molar-refractivity contribution in [2.75, 3.05) is 17.7 Å². The van der Waals surface area contributed by atoms with Crippen LogP contribution in [0.1, 0.15) is 16.7 Å². The van der Waals surface area contributed by atoms with Crippen molar-refractivity contribution in [2.24, 2.45) is 0 Å². The molecule has 6 nitrogen and oxygen atoms in total. The lowest BCUT2D eigenvalue weighted by Gasteiger charge is -2.15. The fourth-order valence-corrected chi connectivity index (χ4v) is 2.62. The van der Waals surface area contributed by atoms with Gasteiger partial charge in [-0.3, -0.25) is 4.55 Å². The van der Waals surface area contributed by atoms with Crippen molar-refractivity contribution in [3.63, 3.8) is 0 Å². The van der Waals surface area contributed by atoms with Gasteiger partial charge in [-0.2, -0.15) is 8.42 Å². The predicted molar refractivity (Wildman–Crippen MR) is 116 cm³/mol. The summed E-state index contributed by atoms with van der Waals surface area (Å²) in [7, 11) is -3.67. The van der Waals surface area contributed by atoms with Crippen LogP contribution in [0, 0.1) is 12.3 Å². The number of hydrogen-bond acceptors (Lipinski definition) is 5. The van der Waals surface area contributed by atoms with Crippen LogP contribution >= 0.6 is 0 Å². The van der Waals surface area contributed by atoms with Gasteiger partial charge in [0, 0.05) is 11.4 Å². The third-order valence-electron chi connectivity index (χ3n) is 3.93. The molecule has 1 aliphatic rings. The van der Waals surface area contributed by atoms with E-state index in [4.69, 9.17) is 21.4 Å². The van der Waals surface area contributed by atoms with Gasteiger partial charge in [0.1, 0.15) is 0 Å². The highest BCUT2D eigenvalue weighted by Gasteiger charge is 2.12. The van der Waals surface area contributed by atoms with E-state index < -0.39 is 10.1 Å². The van der Waals surface area contributed by atoms with Crippen molar-refractivity contribution in [3.8, 4) is 0 Å². The number of anilines is 2. The standard InChI is InChI=1S/C20H19N3.CH4O3S/c1-13-12-16(6-11-19(13)23)20(14-2-7-17(21)8-3-14)15-4-9-18(22)10-5-15;1-5(2,3)4/h2-12,21H,22-23H2,1H3;1H3,(H,2,3,4). The Labute approximate surface area is 165 Å². The Morgan fingerprint density at radius 3 is 1.93 bits per heavy atom. The zero-order chi connectivity index (χ0) is 20.9. The van der Waals surface area contributed by atoms with Crippen LogP contribution in [-0.4, -0.2) is 24.9 Å². The molecule has 0 fully saturated rings. The number of rotatable bonds is 2. The van der Waals surface area contributed by atoms with E-state index >= 15 is 0 Å². The highest BCUT2D eigenvalue weighted by molar-refractivity contribution is 7.85. The minimum Gasteiger partial charge on any atom is -0.399 e. The number of hydrogen-bond donors (Lipinski definition) is 4. The third-order valence-corrected chi connectivity index (χ3v) is 3.93. The van der Waals surface area contributed by atoms with E-state index in [0.717, 1.165) is 39.2 Å². The van der Waals surface area contributed by atoms with Crippen molar-refractivity contribution < 1.29 is 13.0 Å². The summed E-state index contributed by atoms with van der Waals surface area (Å²) in [4.78, 5) is 0. The highest BCUT2D eigenvalue weighted by atomic mass is 32.2. The molecule has 0 unspecified atom stereocenters. The van der Waals surface area contributed by atoms with Crippen LogP contribution in [-0.2, 0) is 10.1 Å². The maximum Gasteiger partial charge on any atom is 0.261 e. The lowest BCUT2D eigenvalue weighted by Crippen LogP contribution is -1.99. The fraction of sp³-hybridized carbons (Fsp3) is 0.0952. The van der Waals surface area contributed by atoms with Crippen LogP contribution < -0.4 is 11.5 Å². The van der Waals surface area contributed by atoms with Crippen molar-refractivity contribution in [1.82, 2.24) is 0 Å². The first kappa shape index (κ1) is 21.1. The summed E-state index contributed by atoms with van der Waals surface area (Å²) in [5, 5.41) is 7.69. The summed E-state index contributed by atoms with van der Waals surface area (Å²) in [5.41, 5.74) is 19.2. The lowest BCUT2D eigenvalue weighted by molar-refractivity contribution is 0.490. The van der Waals surface area contributed by atoms with Gasteiger partial charge < -0.3 is 16.9 Å². The number of nitrogens with one attached hydrogen (secondary N) is 1. The molecule has 0 atom stereocenters. The van der Waals surface area contributed by atoms with Gasteiger partial charge in [-0.05, 0) is 71.2 Å². The number of nitrogens with two attached hydrogens (primary N) is 2. The first-order valence-corrected chi connectivity index (χ1v) is 10.2. The fourth-order valence-electron chi connectivity index (χ4n) is 2.62. The molecule has 146 valence electrons. The van der Waals surface area contributed by atoms with E-state index in [1.807, 2.05) is 55.5 Å². The van der Waals surface area contributed by atoms with Crippen molar-refractivity contribution in [1.29, 1.82) is 5.41 Å². The van der Waals surface area contributed by atoms with Crippen molar-refractivity contribution in [3.05, 3.63) is 89.0 Å². The summed E-state index contributed by atoms with van der Waals surface area (Å²) >= 11 is 0. The van der Waals surface area contributed by atoms with Crippen LogP contribution in [0.15, 0.2) is 72.3 Å². The summed E-state index contributed by atoms with van der Waals surface area (Å²) in [6, 6.07) is 13.9. The van der Waals surface area contributed by atoms with Crippen molar-refractivity contribution in [2.45, 2.75) is 6.92 Å². The molecule has 0 aromatic heterocycles. The number of aryl methyl sites for hydroxylation is 1. The summed E-state index contributed by atoms with van der Waals surface area (Å²) in [6.07, 6.45) is 8.26. The van der Waals surface area contributed by atoms with E-state index in [-0.39, 0.29) is 0 Å². The Bertz CT molecular complexity index is 1050. The smallest absolute Gasteiger partial charge is 0.261 e. The largest absolute Gasteiger partial charge is 0.399 e. The highest BCUT2D eigenvalue weighted by Crippen LogP contribution is 2.31. The van der Waals surface area contributed by atoms with Gasteiger partial charge in [-0.1, -0.05) is 30.4 Å². The van der Waals surface area contributed by atoms with E-state index in [1.54, 1.807) is 12.2 Å². The Hall–Kier alpha value is -3.16. The van der Waals surface area contributed by atoms with Gasteiger partial charge in [-0.25, -0.2) is 0 Å². The first-order chi connectivity index (χ1) is 13.0. The van der Waals surface area contributed by atoms with E-state index in [9.17, 15) is 8.42 Å². The Morgan fingerprint density at radius 2 is 1.43 bits per heavy atom. The van der Waals surface area contributed by atoms with Gasteiger partial charge in [0.25, 0.3) is 10.1 Å². The molecule has 6 N–H and O–H groups in total. The normalized spacial score (nSPS) is 13.1. The van der Waals surface area contributed by atoms with E-state index in [2.05, 4.69) is 6.07 Å². The maximum atomic E-state index is 9.19. The monoisotopic (exact) mass is 397 g/mol. The molecule has 3 rings (SSSR count). The molecule has 2 aromatic carbocycles. The minimum absolute atomic E-state index is 0.499. The molecule has 2 aromatic rings. The quantitative estimate of drug-likeness (QED) is 0.454. The second-order valence-electron chi connectivity index (χ2n) is 6.38. The average molecular weight is 398 g/mol. The minimum atomic E-state index is -3.67. The topological polar surface area (TPSA) is 130 Å². The number of nitrogen functional groups attached to an aromatic ring is 2. The van der Waals surface area contributed by atoms with Crippen LogP contribution in [0.5, 0.6) is 0 Å². The van der Waals surface area contributed by atoms with Gasteiger partial charge in [0.15, 0.2) is 0 Å². The molecule has 0 heterocycles. The SMILES string of the molecule is CS(=O)(=O)O.Cc1cc(C(=C2C=CC(=N)C=C2)c2ccc(N)cc2)ccc1N. The molecule has 0 aliphatic heterocycles.